The summed E-state index contributed by atoms with van der Waals surface area (Å²) in [7, 11) is 0. The SMILES string of the molecule is C=C(C)C1CCC2(C)OC3=C(CC12)C(=O)C1COC3(O)C1. The standard InChI is InChI=1S/C17H22O4/c1-9(2)11-4-5-16(3)13(11)6-12-14(18)10-7-17(19,20-8-10)15(12)21-16/h10-11,13,19H,1,4-8H2,2-3H3. The number of rotatable bonds is 1. The molecule has 0 aromatic carbocycles. The van der Waals surface area contributed by atoms with Crippen LogP contribution in [-0.2, 0) is 14.3 Å². The van der Waals surface area contributed by atoms with Gasteiger partial charge in [0.25, 0.3) is 0 Å². The van der Waals surface area contributed by atoms with Gasteiger partial charge in [-0.3, -0.25) is 4.79 Å². The Bertz CT molecular complexity index is 577. The second kappa shape index (κ2) is 3.99. The molecule has 0 amide bonds. The van der Waals surface area contributed by atoms with Crippen LogP contribution < -0.4 is 0 Å². The van der Waals surface area contributed by atoms with Crippen molar-refractivity contribution >= 4 is 5.78 Å². The highest BCUT2D eigenvalue weighted by molar-refractivity contribution is 5.99. The topological polar surface area (TPSA) is 55.8 Å². The van der Waals surface area contributed by atoms with Crippen molar-refractivity contribution in [3.8, 4) is 0 Å². The highest BCUT2D eigenvalue weighted by atomic mass is 16.7. The maximum Gasteiger partial charge on any atom is 0.226 e. The van der Waals surface area contributed by atoms with Crippen molar-refractivity contribution in [2.45, 2.75) is 50.9 Å². The minimum Gasteiger partial charge on any atom is -0.485 e. The van der Waals surface area contributed by atoms with Crippen LogP contribution in [0.4, 0.5) is 0 Å². The number of hydrogen-bond donors (Lipinski definition) is 1. The third-order valence-corrected chi connectivity index (χ3v) is 5.96. The average Bonchev–Trinajstić information content (AvgIpc) is 2.95. The molecule has 2 aliphatic carbocycles. The van der Waals surface area contributed by atoms with Crippen LogP contribution in [-0.4, -0.2) is 28.9 Å². The number of Topliss-reactive ketones (excluding diaryl/α,β-unsaturated/α-hetero) is 1. The number of aliphatic hydroxyl groups is 1. The number of allylic oxidation sites excluding steroid dienone is 2. The Balaban J connectivity index is 1.78. The molecule has 21 heavy (non-hydrogen) atoms. The summed E-state index contributed by atoms with van der Waals surface area (Å²) in [6.07, 6.45) is 2.99. The minimum atomic E-state index is -1.37. The van der Waals surface area contributed by atoms with Crippen molar-refractivity contribution in [1.29, 1.82) is 0 Å². The van der Waals surface area contributed by atoms with E-state index in [0.29, 0.717) is 36.7 Å². The Kier molecular flexibility index (Phi) is 2.57. The van der Waals surface area contributed by atoms with Crippen molar-refractivity contribution in [2.24, 2.45) is 17.8 Å². The quantitative estimate of drug-likeness (QED) is 0.753. The lowest BCUT2D eigenvalue weighted by Gasteiger charge is -2.45. The molecule has 1 N–H and O–H groups in total. The molecule has 5 unspecified atom stereocenters. The zero-order chi connectivity index (χ0) is 15.0. The van der Waals surface area contributed by atoms with Crippen LogP contribution in [0.1, 0.15) is 39.5 Å². The molecular weight excluding hydrogens is 268 g/mol. The van der Waals surface area contributed by atoms with Gasteiger partial charge in [0, 0.05) is 17.9 Å². The molecule has 0 radical (unpaired) electrons. The summed E-state index contributed by atoms with van der Waals surface area (Å²) < 4.78 is 11.7. The number of ketones is 1. The molecule has 1 saturated heterocycles. The van der Waals surface area contributed by atoms with E-state index >= 15 is 0 Å². The van der Waals surface area contributed by atoms with E-state index in [1.54, 1.807) is 0 Å². The molecule has 114 valence electrons. The number of hydrogen-bond acceptors (Lipinski definition) is 4. The first kappa shape index (κ1) is 13.5. The molecule has 0 aromatic heterocycles. The van der Waals surface area contributed by atoms with Gasteiger partial charge in [-0.1, -0.05) is 12.2 Å². The first-order valence-electron chi connectivity index (χ1n) is 7.83. The number of carbonyl (C=O) groups is 1. The van der Waals surface area contributed by atoms with Crippen molar-refractivity contribution in [1.82, 2.24) is 0 Å². The van der Waals surface area contributed by atoms with Crippen LogP contribution in [0.5, 0.6) is 0 Å². The lowest BCUT2D eigenvalue weighted by atomic mass is 9.72. The van der Waals surface area contributed by atoms with Gasteiger partial charge in [0.05, 0.1) is 12.5 Å². The Morgan fingerprint density at radius 1 is 1.48 bits per heavy atom. The average molecular weight is 290 g/mol. The fourth-order valence-electron chi connectivity index (χ4n) is 4.73. The van der Waals surface area contributed by atoms with Crippen LogP contribution >= 0.6 is 0 Å². The van der Waals surface area contributed by atoms with E-state index in [2.05, 4.69) is 20.4 Å². The molecule has 4 rings (SSSR count). The minimum absolute atomic E-state index is 0.113. The van der Waals surface area contributed by atoms with Gasteiger partial charge in [0.15, 0.2) is 11.5 Å². The lowest BCUT2D eigenvalue weighted by molar-refractivity contribution is -0.196. The molecular formula is C17H22O4. The Labute approximate surface area is 124 Å². The molecule has 4 nitrogen and oxygen atoms in total. The summed E-state index contributed by atoms with van der Waals surface area (Å²) in [5.74, 6) is -0.385. The number of carbonyl (C=O) groups excluding carboxylic acids is 1. The van der Waals surface area contributed by atoms with E-state index in [1.165, 1.54) is 0 Å². The van der Waals surface area contributed by atoms with Gasteiger partial charge in [-0.25, -0.2) is 0 Å². The van der Waals surface area contributed by atoms with Crippen molar-refractivity contribution in [3.63, 3.8) is 0 Å². The molecule has 2 aliphatic heterocycles. The molecule has 0 spiro atoms. The summed E-state index contributed by atoms with van der Waals surface area (Å²) in [6.45, 7) is 8.57. The number of ether oxygens (including phenoxy) is 2. The van der Waals surface area contributed by atoms with E-state index in [1.807, 2.05) is 0 Å². The molecule has 1 saturated carbocycles. The molecule has 5 atom stereocenters. The van der Waals surface area contributed by atoms with Gasteiger partial charge in [0.2, 0.25) is 5.79 Å². The van der Waals surface area contributed by atoms with E-state index in [9.17, 15) is 9.90 Å². The predicted octanol–water partition coefficient (Wildman–Crippen LogP) is 2.33. The van der Waals surface area contributed by atoms with E-state index in [0.717, 1.165) is 18.4 Å². The van der Waals surface area contributed by atoms with E-state index in [4.69, 9.17) is 9.47 Å². The molecule has 2 heterocycles. The zero-order valence-electron chi connectivity index (χ0n) is 12.6. The van der Waals surface area contributed by atoms with Crippen molar-refractivity contribution in [3.05, 3.63) is 23.5 Å². The van der Waals surface area contributed by atoms with Crippen LogP contribution in [0.25, 0.3) is 0 Å². The first-order chi connectivity index (χ1) is 9.84. The van der Waals surface area contributed by atoms with Gasteiger partial charge in [-0.05, 0) is 39.0 Å². The summed E-state index contributed by atoms with van der Waals surface area (Å²) in [5.41, 5.74) is 1.51. The van der Waals surface area contributed by atoms with Crippen molar-refractivity contribution in [2.75, 3.05) is 6.61 Å². The summed E-state index contributed by atoms with van der Waals surface area (Å²) in [5, 5.41) is 10.7. The maximum absolute atomic E-state index is 12.6. The van der Waals surface area contributed by atoms with Gasteiger partial charge >= 0.3 is 0 Å². The Hall–Kier alpha value is -1.13. The van der Waals surface area contributed by atoms with E-state index in [-0.39, 0.29) is 23.2 Å². The molecule has 2 bridgehead atoms. The first-order valence-corrected chi connectivity index (χ1v) is 7.83. The molecule has 0 aromatic rings. The second-order valence-electron chi connectivity index (χ2n) is 7.39. The zero-order valence-corrected chi connectivity index (χ0v) is 12.6. The Morgan fingerprint density at radius 2 is 2.24 bits per heavy atom. The monoisotopic (exact) mass is 290 g/mol. The van der Waals surface area contributed by atoms with Crippen molar-refractivity contribution < 1.29 is 19.4 Å². The normalized spacial score (nSPS) is 48.0. The van der Waals surface area contributed by atoms with Gasteiger partial charge < -0.3 is 14.6 Å². The highest BCUT2D eigenvalue weighted by Gasteiger charge is 2.60. The highest BCUT2D eigenvalue weighted by Crippen LogP contribution is 2.56. The predicted molar refractivity (Wildman–Crippen MR) is 76.2 cm³/mol. The fraction of sp³-hybridized carbons (Fsp3) is 0.706. The molecule has 2 fully saturated rings. The van der Waals surface area contributed by atoms with Crippen LogP contribution in [0.2, 0.25) is 0 Å². The largest absolute Gasteiger partial charge is 0.485 e. The summed E-state index contributed by atoms with van der Waals surface area (Å²) in [4.78, 5) is 12.6. The second-order valence-corrected chi connectivity index (χ2v) is 7.39. The fourth-order valence-corrected chi connectivity index (χ4v) is 4.73. The van der Waals surface area contributed by atoms with Gasteiger partial charge in [-0.15, -0.1) is 0 Å². The van der Waals surface area contributed by atoms with Crippen LogP contribution in [0.15, 0.2) is 23.5 Å². The van der Waals surface area contributed by atoms with Crippen LogP contribution in [0, 0.1) is 17.8 Å². The molecule has 4 heteroatoms. The summed E-state index contributed by atoms with van der Waals surface area (Å²) in [6, 6.07) is 0. The third-order valence-electron chi connectivity index (χ3n) is 5.96. The lowest BCUT2D eigenvalue weighted by Crippen LogP contribution is -2.48. The van der Waals surface area contributed by atoms with E-state index < -0.39 is 5.79 Å². The molecule has 4 aliphatic rings. The smallest absolute Gasteiger partial charge is 0.226 e. The van der Waals surface area contributed by atoms with Crippen LogP contribution in [0.3, 0.4) is 0 Å². The Morgan fingerprint density at radius 3 is 2.95 bits per heavy atom. The van der Waals surface area contributed by atoms with Gasteiger partial charge in [-0.2, -0.15) is 0 Å². The number of fused-ring (bicyclic) bond motifs is 4. The maximum atomic E-state index is 12.6. The summed E-state index contributed by atoms with van der Waals surface area (Å²) >= 11 is 0. The van der Waals surface area contributed by atoms with Gasteiger partial charge in [0.1, 0.15) is 5.60 Å². The third kappa shape index (κ3) is 1.66.